The van der Waals surface area contributed by atoms with Gasteiger partial charge in [0.1, 0.15) is 0 Å². The largest absolute Gasteiger partial charge is 0.313 e. The molecule has 84 valence electrons. The molecule has 0 aliphatic carbocycles. The van der Waals surface area contributed by atoms with Gasteiger partial charge in [-0.15, -0.1) is 0 Å². The fourth-order valence-corrected chi connectivity index (χ4v) is 1.79. The van der Waals surface area contributed by atoms with Gasteiger partial charge in [-0.25, -0.2) is 9.97 Å². The summed E-state index contributed by atoms with van der Waals surface area (Å²) in [5.74, 6) is 0. The first-order valence-electron chi connectivity index (χ1n) is 5.22. The van der Waals surface area contributed by atoms with Crippen LogP contribution in [0.2, 0.25) is 0 Å². The molecule has 1 heterocycles. The maximum atomic E-state index is 4.33. The second kappa shape index (κ2) is 5.47. The predicted octanol–water partition coefficient (Wildman–Crippen LogP) is 2.48. The van der Waals surface area contributed by atoms with Gasteiger partial charge in [-0.05, 0) is 6.54 Å². The van der Waals surface area contributed by atoms with Gasteiger partial charge in [0.25, 0.3) is 0 Å². The summed E-state index contributed by atoms with van der Waals surface area (Å²) >= 11 is 1.69. The third kappa shape index (κ3) is 5.14. The van der Waals surface area contributed by atoms with Gasteiger partial charge in [0.05, 0.1) is 0 Å². The number of hydrogen-bond acceptors (Lipinski definition) is 4. The van der Waals surface area contributed by atoms with Crippen molar-refractivity contribution in [2.75, 3.05) is 6.54 Å². The second-order valence-electron chi connectivity index (χ2n) is 4.37. The van der Waals surface area contributed by atoms with Crippen LogP contribution in [0.15, 0.2) is 17.6 Å². The smallest absolute Gasteiger partial charge is 0.187 e. The van der Waals surface area contributed by atoms with Crippen LogP contribution in [-0.4, -0.2) is 21.3 Å². The van der Waals surface area contributed by atoms with E-state index in [2.05, 4.69) is 43.0 Å². The molecular formula is C11H19N3S. The Morgan fingerprint density at radius 2 is 1.87 bits per heavy atom. The van der Waals surface area contributed by atoms with Crippen molar-refractivity contribution in [1.82, 2.24) is 15.3 Å². The van der Waals surface area contributed by atoms with Gasteiger partial charge in [0.2, 0.25) is 0 Å². The first kappa shape index (κ1) is 12.5. The van der Waals surface area contributed by atoms with Crippen LogP contribution in [0.25, 0.3) is 0 Å². The van der Waals surface area contributed by atoms with Crippen LogP contribution in [0.1, 0.15) is 33.3 Å². The molecule has 0 saturated carbocycles. The molecule has 0 unspecified atom stereocenters. The van der Waals surface area contributed by atoms with Crippen molar-refractivity contribution in [1.29, 1.82) is 0 Å². The Balaban J connectivity index is 2.56. The van der Waals surface area contributed by atoms with Crippen LogP contribution < -0.4 is 5.32 Å². The van der Waals surface area contributed by atoms with Crippen molar-refractivity contribution in [2.24, 2.45) is 0 Å². The van der Waals surface area contributed by atoms with Crippen LogP contribution in [0.5, 0.6) is 0 Å². The molecular weight excluding hydrogens is 206 g/mol. The zero-order valence-corrected chi connectivity index (χ0v) is 10.7. The fraction of sp³-hybridized carbons (Fsp3) is 0.636. The third-order valence-electron chi connectivity index (χ3n) is 1.66. The SMILES string of the molecule is CCNCc1cnc(SC(C)(C)C)nc1. The lowest BCUT2D eigenvalue weighted by molar-refractivity contribution is 0.715. The van der Waals surface area contributed by atoms with Gasteiger partial charge in [-0.1, -0.05) is 39.5 Å². The molecule has 3 nitrogen and oxygen atoms in total. The summed E-state index contributed by atoms with van der Waals surface area (Å²) in [5, 5.41) is 4.10. The first-order chi connectivity index (χ1) is 7.01. The van der Waals surface area contributed by atoms with Crippen molar-refractivity contribution in [3.05, 3.63) is 18.0 Å². The average molecular weight is 225 g/mol. The van der Waals surface area contributed by atoms with Crippen molar-refractivity contribution in [3.63, 3.8) is 0 Å². The summed E-state index contributed by atoms with van der Waals surface area (Å²) < 4.78 is 0.170. The highest BCUT2D eigenvalue weighted by molar-refractivity contribution is 8.00. The average Bonchev–Trinajstić information content (AvgIpc) is 2.14. The van der Waals surface area contributed by atoms with E-state index in [0.717, 1.165) is 23.8 Å². The van der Waals surface area contributed by atoms with E-state index in [1.165, 1.54) is 0 Å². The molecule has 1 N–H and O–H groups in total. The van der Waals surface area contributed by atoms with Crippen molar-refractivity contribution >= 4 is 11.8 Å². The fourth-order valence-electron chi connectivity index (χ4n) is 1.03. The molecule has 0 spiro atoms. The summed E-state index contributed by atoms with van der Waals surface area (Å²) in [5.41, 5.74) is 1.13. The highest BCUT2D eigenvalue weighted by Gasteiger charge is 2.13. The first-order valence-corrected chi connectivity index (χ1v) is 6.03. The number of aromatic nitrogens is 2. The van der Waals surface area contributed by atoms with E-state index < -0.39 is 0 Å². The van der Waals surface area contributed by atoms with Crippen LogP contribution in [0, 0.1) is 0 Å². The topological polar surface area (TPSA) is 37.8 Å². The number of nitrogens with zero attached hydrogens (tertiary/aromatic N) is 2. The van der Waals surface area contributed by atoms with Crippen LogP contribution in [-0.2, 0) is 6.54 Å². The van der Waals surface area contributed by atoms with Crippen molar-refractivity contribution < 1.29 is 0 Å². The lowest BCUT2D eigenvalue weighted by Gasteiger charge is -2.15. The maximum Gasteiger partial charge on any atom is 0.187 e. The molecule has 0 aromatic carbocycles. The van der Waals surface area contributed by atoms with E-state index in [1.807, 2.05) is 12.4 Å². The second-order valence-corrected chi connectivity index (χ2v) is 6.16. The lowest BCUT2D eigenvalue weighted by Crippen LogP contribution is -2.12. The molecule has 0 aliphatic rings. The number of hydrogen-bond donors (Lipinski definition) is 1. The molecule has 0 saturated heterocycles. The zero-order valence-electron chi connectivity index (χ0n) is 9.87. The molecule has 0 bridgehead atoms. The molecule has 1 aromatic rings. The molecule has 1 rings (SSSR count). The minimum atomic E-state index is 0.170. The van der Waals surface area contributed by atoms with E-state index >= 15 is 0 Å². The van der Waals surface area contributed by atoms with E-state index in [9.17, 15) is 0 Å². The Labute approximate surface area is 96.1 Å². The van der Waals surface area contributed by atoms with Gasteiger partial charge in [-0.2, -0.15) is 0 Å². The van der Waals surface area contributed by atoms with Gasteiger partial charge in [0, 0.05) is 29.2 Å². The Hall–Kier alpha value is -0.610. The van der Waals surface area contributed by atoms with Gasteiger partial charge in [-0.3, -0.25) is 0 Å². The molecule has 1 aromatic heterocycles. The zero-order chi connectivity index (χ0) is 11.3. The molecule has 0 atom stereocenters. The normalized spacial score (nSPS) is 11.7. The van der Waals surface area contributed by atoms with Gasteiger partial charge < -0.3 is 5.32 Å². The molecule has 15 heavy (non-hydrogen) atoms. The van der Waals surface area contributed by atoms with E-state index in [1.54, 1.807) is 11.8 Å². The standard InChI is InChI=1S/C11H19N3S/c1-5-12-6-9-7-13-10(14-8-9)15-11(2,3)4/h7-8,12H,5-6H2,1-4H3. The molecule has 0 aliphatic heterocycles. The Bertz CT molecular complexity index is 290. The quantitative estimate of drug-likeness (QED) is 0.631. The Morgan fingerprint density at radius 1 is 1.27 bits per heavy atom. The minimum absolute atomic E-state index is 0.170. The highest BCUT2D eigenvalue weighted by atomic mass is 32.2. The van der Waals surface area contributed by atoms with Crippen LogP contribution in [0.4, 0.5) is 0 Å². The van der Waals surface area contributed by atoms with E-state index in [0.29, 0.717) is 0 Å². The molecule has 0 fully saturated rings. The number of nitrogens with one attached hydrogen (secondary N) is 1. The highest BCUT2D eigenvalue weighted by Crippen LogP contribution is 2.28. The van der Waals surface area contributed by atoms with Gasteiger partial charge in [0.15, 0.2) is 5.16 Å². The van der Waals surface area contributed by atoms with Crippen LogP contribution >= 0.6 is 11.8 Å². The lowest BCUT2D eigenvalue weighted by atomic mass is 10.3. The number of rotatable bonds is 4. The maximum absolute atomic E-state index is 4.33. The van der Waals surface area contributed by atoms with Crippen LogP contribution in [0.3, 0.4) is 0 Å². The minimum Gasteiger partial charge on any atom is -0.313 e. The number of thioether (sulfide) groups is 1. The van der Waals surface area contributed by atoms with Crippen molar-refractivity contribution in [3.8, 4) is 0 Å². The van der Waals surface area contributed by atoms with Gasteiger partial charge >= 0.3 is 0 Å². The Morgan fingerprint density at radius 3 is 2.33 bits per heavy atom. The third-order valence-corrected chi connectivity index (χ3v) is 2.66. The summed E-state index contributed by atoms with van der Waals surface area (Å²) in [6.07, 6.45) is 3.79. The summed E-state index contributed by atoms with van der Waals surface area (Å²) in [6, 6.07) is 0. The Kier molecular flexibility index (Phi) is 4.54. The van der Waals surface area contributed by atoms with Crippen molar-refractivity contribution in [2.45, 2.75) is 44.1 Å². The summed E-state index contributed by atoms with van der Waals surface area (Å²) in [7, 11) is 0. The monoisotopic (exact) mass is 225 g/mol. The molecule has 0 amide bonds. The molecule has 0 radical (unpaired) electrons. The summed E-state index contributed by atoms with van der Waals surface area (Å²) in [6.45, 7) is 10.4. The van der Waals surface area contributed by atoms with E-state index in [-0.39, 0.29) is 4.75 Å². The summed E-state index contributed by atoms with van der Waals surface area (Å²) in [4.78, 5) is 8.66. The van der Waals surface area contributed by atoms with E-state index in [4.69, 9.17) is 0 Å². The molecule has 4 heteroatoms. The predicted molar refractivity (Wildman–Crippen MR) is 65.0 cm³/mol.